The number of carbonyl (C=O) groups excluding carboxylic acids is 2. The Balaban J connectivity index is 4.27. The second kappa shape index (κ2) is 37.0. The van der Waals surface area contributed by atoms with Gasteiger partial charge in [0, 0.05) is 12.8 Å². The molecule has 0 aliphatic rings. The van der Waals surface area contributed by atoms with Gasteiger partial charge in [0.1, 0.15) is 6.61 Å². The maximum Gasteiger partial charge on any atom is 0.469 e. The van der Waals surface area contributed by atoms with Crippen LogP contribution in [0, 0.1) is 0 Å². The van der Waals surface area contributed by atoms with E-state index in [1.165, 1.54) is 0 Å². The third-order valence-electron chi connectivity index (χ3n) is 7.40. The number of aliphatic hydroxyl groups is 1. The smallest absolute Gasteiger partial charge is 0.462 e. The minimum Gasteiger partial charge on any atom is -0.462 e. The summed E-state index contributed by atoms with van der Waals surface area (Å²) in [6.45, 7) is 3.21. The van der Waals surface area contributed by atoms with Gasteiger partial charge in [-0.05, 0) is 77.0 Å². The van der Waals surface area contributed by atoms with Crippen molar-refractivity contribution < 1.29 is 43.0 Å². The van der Waals surface area contributed by atoms with E-state index in [9.17, 15) is 19.3 Å². The van der Waals surface area contributed by atoms with Crippen LogP contribution in [0.4, 0.5) is 0 Å². The second-order valence-electron chi connectivity index (χ2n) is 12.3. The number of carbonyl (C=O) groups is 2. The first-order valence-electron chi connectivity index (χ1n) is 19.3. The van der Waals surface area contributed by atoms with Gasteiger partial charge in [-0.25, -0.2) is 4.57 Å². The summed E-state index contributed by atoms with van der Waals surface area (Å²) < 4.78 is 26.1. The predicted molar refractivity (Wildman–Crippen MR) is 217 cm³/mol. The summed E-state index contributed by atoms with van der Waals surface area (Å²) in [6, 6.07) is 0. The van der Waals surface area contributed by atoms with E-state index >= 15 is 0 Å². The Kier molecular flexibility index (Phi) is 34.7. The number of rotatable bonds is 33. The normalized spacial score (nSPS) is 14.3. The number of aliphatic hydroxyl groups excluding tert-OH is 1. The van der Waals surface area contributed by atoms with Crippen LogP contribution in [0.5, 0.6) is 0 Å². The summed E-state index contributed by atoms with van der Waals surface area (Å²) in [5.41, 5.74) is 0. The van der Waals surface area contributed by atoms with Gasteiger partial charge in [-0.2, -0.15) is 0 Å². The molecule has 0 saturated heterocycles. The largest absolute Gasteiger partial charge is 0.469 e. The Morgan fingerprint density at radius 2 is 1.08 bits per heavy atom. The molecule has 0 radical (unpaired) electrons. The summed E-state index contributed by atoms with van der Waals surface area (Å²) in [7, 11) is -4.83. The molecule has 0 rings (SSSR count). The predicted octanol–water partition coefficient (Wildman–Crippen LogP) is 10.6. The molecule has 53 heavy (non-hydrogen) atoms. The molecule has 0 aromatic carbocycles. The van der Waals surface area contributed by atoms with Crippen molar-refractivity contribution >= 4 is 19.8 Å². The highest BCUT2D eigenvalue weighted by Crippen LogP contribution is 2.35. The lowest BCUT2D eigenvalue weighted by Crippen LogP contribution is -2.29. The van der Waals surface area contributed by atoms with Gasteiger partial charge < -0.3 is 24.4 Å². The van der Waals surface area contributed by atoms with E-state index in [2.05, 4.69) is 103 Å². The highest BCUT2D eigenvalue weighted by Gasteiger charge is 2.23. The summed E-state index contributed by atoms with van der Waals surface area (Å²) in [5, 5.41) is 10.2. The summed E-state index contributed by atoms with van der Waals surface area (Å²) in [5.74, 6) is -1.20. The zero-order valence-electron chi connectivity index (χ0n) is 32.2. The fourth-order valence-corrected chi connectivity index (χ4v) is 4.91. The quantitative estimate of drug-likeness (QED) is 0.0196. The van der Waals surface area contributed by atoms with Gasteiger partial charge in [0.15, 0.2) is 6.10 Å². The van der Waals surface area contributed by atoms with E-state index in [0.29, 0.717) is 6.42 Å². The van der Waals surface area contributed by atoms with Crippen LogP contribution in [0.1, 0.15) is 123 Å². The lowest BCUT2D eigenvalue weighted by Gasteiger charge is -2.18. The van der Waals surface area contributed by atoms with Crippen LogP contribution in [-0.4, -0.2) is 52.3 Å². The Hall–Kier alpha value is -3.33. The lowest BCUT2D eigenvalue weighted by atomic mass is 10.1. The summed E-state index contributed by atoms with van der Waals surface area (Å²) in [4.78, 5) is 42.8. The van der Waals surface area contributed by atoms with E-state index in [-0.39, 0.29) is 19.3 Å². The van der Waals surface area contributed by atoms with E-state index in [1.807, 2.05) is 12.2 Å². The van der Waals surface area contributed by atoms with E-state index in [4.69, 9.17) is 19.3 Å². The number of hydrogen-bond acceptors (Lipinski definition) is 7. The summed E-state index contributed by atoms with van der Waals surface area (Å²) >= 11 is 0. The van der Waals surface area contributed by atoms with E-state index in [0.717, 1.165) is 83.5 Å². The first-order chi connectivity index (χ1) is 25.7. The molecule has 0 amide bonds. The molecule has 0 heterocycles. The van der Waals surface area contributed by atoms with E-state index < -0.39 is 45.2 Å². The molecule has 0 saturated carbocycles. The minimum absolute atomic E-state index is 0.0801. The molecule has 0 bridgehead atoms. The van der Waals surface area contributed by atoms with Crippen LogP contribution in [-0.2, 0) is 28.2 Å². The van der Waals surface area contributed by atoms with Crippen LogP contribution in [0.2, 0.25) is 0 Å². The summed E-state index contributed by atoms with van der Waals surface area (Å²) in [6.07, 6.45) is 48.5. The number of ether oxygens (including phenoxy) is 2. The van der Waals surface area contributed by atoms with Crippen molar-refractivity contribution in [2.24, 2.45) is 0 Å². The van der Waals surface area contributed by atoms with Gasteiger partial charge in [0.05, 0.1) is 12.7 Å². The molecule has 0 spiro atoms. The average Bonchev–Trinajstić information content (AvgIpc) is 3.12. The van der Waals surface area contributed by atoms with Crippen LogP contribution >= 0.6 is 7.82 Å². The zero-order chi connectivity index (χ0) is 39.1. The fourth-order valence-electron chi connectivity index (χ4n) is 4.55. The van der Waals surface area contributed by atoms with Crippen molar-refractivity contribution in [2.75, 3.05) is 13.2 Å². The van der Waals surface area contributed by atoms with Crippen molar-refractivity contribution in [3.05, 3.63) is 109 Å². The molecule has 9 nitrogen and oxygen atoms in total. The van der Waals surface area contributed by atoms with Crippen molar-refractivity contribution in [1.29, 1.82) is 0 Å². The maximum absolute atomic E-state index is 12.4. The third-order valence-corrected chi connectivity index (χ3v) is 7.89. The number of hydrogen-bond donors (Lipinski definition) is 3. The fraction of sp³-hybridized carbons (Fsp3) is 0.535. The molecule has 1 unspecified atom stereocenters. The number of allylic oxidation sites excluding steroid dienone is 17. The first kappa shape index (κ1) is 49.7. The van der Waals surface area contributed by atoms with Crippen molar-refractivity contribution in [1.82, 2.24) is 0 Å². The van der Waals surface area contributed by atoms with Crippen LogP contribution in [0.15, 0.2) is 109 Å². The monoisotopic (exact) mass is 758 g/mol. The molecule has 0 aromatic rings. The zero-order valence-corrected chi connectivity index (χ0v) is 33.1. The number of unbranched alkanes of at least 4 members (excludes halogenated alkanes) is 5. The van der Waals surface area contributed by atoms with Gasteiger partial charge in [-0.15, -0.1) is 0 Å². The molecule has 0 aliphatic carbocycles. The minimum atomic E-state index is -4.83. The highest BCUT2D eigenvalue weighted by atomic mass is 31.2. The molecule has 298 valence electrons. The first-order valence-corrected chi connectivity index (χ1v) is 20.8. The van der Waals surface area contributed by atoms with Gasteiger partial charge in [0.25, 0.3) is 0 Å². The Bertz CT molecular complexity index is 1230. The molecular weight excluding hydrogens is 691 g/mol. The Morgan fingerprint density at radius 1 is 0.585 bits per heavy atom. The number of phosphoric ester groups is 1. The molecule has 2 atom stereocenters. The van der Waals surface area contributed by atoms with Crippen LogP contribution in [0.3, 0.4) is 0 Å². The van der Waals surface area contributed by atoms with E-state index in [1.54, 1.807) is 12.2 Å². The highest BCUT2D eigenvalue weighted by molar-refractivity contribution is 7.46. The van der Waals surface area contributed by atoms with Crippen molar-refractivity contribution in [2.45, 2.75) is 135 Å². The van der Waals surface area contributed by atoms with Crippen LogP contribution < -0.4 is 0 Å². The third kappa shape index (κ3) is 39.7. The number of phosphoric acid groups is 1. The topological polar surface area (TPSA) is 140 Å². The second-order valence-corrected chi connectivity index (χ2v) is 13.6. The SMILES string of the molecule is CC/C=C\C/C=C\C/C=C\C/C=C\C/C=C\C=C/C(O)CCC(=O)O[C@H](COC(=O)CCCCCCC/C=C\C/C=C\C/C=C\CC)COP(=O)(O)O. The molecule has 3 N–H and O–H groups in total. The average molecular weight is 759 g/mol. The van der Waals surface area contributed by atoms with Crippen molar-refractivity contribution in [3.63, 3.8) is 0 Å². The van der Waals surface area contributed by atoms with Gasteiger partial charge >= 0.3 is 19.8 Å². The van der Waals surface area contributed by atoms with Gasteiger partial charge in [-0.1, -0.05) is 142 Å². The lowest BCUT2D eigenvalue weighted by molar-refractivity contribution is -0.161. The van der Waals surface area contributed by atoms with Crippen LogP contribution in [0.25, 0.3) is 0 Å². The van der Waals surface area contributed by atoms with Gasteiger partial charge in [-0.3, -0.25) is 14.1 Å². The molecule has 0 aromatic heterocycles. The van der Waals surface area contributed by atoms with Crippen molar-refractivity contribution in [3.8, 4) is 0 Å². The number of esters is 2. The molecule has 0 aliphatic heterocycles. The molecular formula is C43H67O9P. The van der Waals surface area contributed by atoms with Gasteiger partial charge in [0.2, 0.25) is 0 Å². The Morgan fingerprint density at radius 3 is 1.62 bits per heavy atom. The maximum atomic E-state index is 12.4. The Labute approximate surface area is 319 Å². The molecule has 10 heteroatoms. The molecule has 0 fully saturated rings. The standard InChI is InChI=1S/C43H67O9P/c1-3-5-7-9-11-13-15-17-19-21-22-24-26-28-30-32-34-40(44)36-37-43(46)52-41(39-51-53(47,48)49)38-50-42(45)35-33-31-29-27-25-23-20-18-16-14-12-10-8-6-4-2/h5-8,11-14,17-20,22,24,28,30,32,34,40-41,44H,3-4,9-10,15-16,21,23,25-27,29,31,33,35-39H2,1-2H3,(H2,47,48,49)/b7-5-,8-6-,13-11-,14-12-,19-17-,20-18-,24-22-,30-28-,34-32-/t40?,41-/m1/s1.